The molecule has 1 amide bonds. The monoisotopic (exact) mass is 421 g/mol. The lowest BCUT2D eigenvalue weighted by atomic mass is 10.2. The lowest BCUT2D eigenvalue weighted by Gasteiger charge is -2.14. The summed E-state index contributed by atoms with van der Waals surface area (Å²) in [5.41, 5.74) is -1.89. The Bertz CT molecular complexity index is 1270. The number of benzene rings is 2. The maximum atomic E-state index is 13.6. The lowest BCUT2D eigenvalue weighted by molar-refractivity contribution is -0.154. The number of nitrogens with one attached hydrogen (secondary N) is 2. The fourth-order valence-corrected chi connectivity index (χ4v) is 2.63. The molecule has 2 N–H and O–H groups in total. The molecule has 0 unspecified atom stereocenters. The van der Waals surface area contributed by atoms with Crippen LogP contribution >= 0.6 is 0 Å². The molecule has 0 saturated carbocycles. The van der Waals surface area contributed by atoms with E-state index in [1.807, 2.05) is 5.32 Å². The number of nitrogens with zero attached hydrogens (tertiary/aromatic N) is 1. The van der Waals surface area contributed by atoms with E-state index in [-0.39, 0.29) is 10.8 Å². The SMILES string of the molecule is C[C@H](OC(=O)Cn1[nH]c(=O)c2ccccc2c1=O)C(=O)Nc1ccc(F)c(F)c1F. The summed E-state index contributed by atoms with van der Waals surface area (Å²) in [7, 11) is 0. The minimum Gasteiger partial charge on any atom is -0.451 e. The lowest BCUT2D eigenvalue weighted by Crippen LogP contribution is -2.36. The third-order valence-corrected chi connectivity index (χ3v) is 4.14. The van der Waals surface area contributed by atoms with Gasteiger partial charge in [-0.2, -0.15) is 0 Å². The van der Waals surface area contributed by atoms with Gasteiger partial charge in [0.1, 0.15) is 6.54 Å². The molecule has 0 fully saturated rings. The molecule has 0 aliphatic rings. The van der Waals surface area contributed by atoms with Gasteiger partial charge in [-0.05, 0) is 31.2 Å². The number of fused-ring (bicyclic) bond motifs is 1. The molecule has 156 valence electrons. The molecule has 3 rings (SSSR count). The molecule has 3 aromatic rings. The van der Waals surface area contributed by atoms with Gasteiger partial charge in [-0.15, -0.1) is 0 Å². The summed E-state index contributed by atoms with van der Waals surface area (Å²) in [5, 5.41) is 4.44. The number of anilines is 1. The third-order valence-electron chi connectivity index (χ3n) is 4.14. The van der Waals surface area contributed by atoms with Gasteiger partial charge in [-0.25, -0.2) is 17.9 Å². The van der Waals surface area contributed by atoms with Crippen molar-refractivity contribution in [3.63, 3.8) is 0 Å². The van der Waals surface area contributed by atoms with E-state index in [0.29, 0.717) is 6.07 Å². The predicted octanol–water partition coefficient (Wildman–Crippen LogP) is 1.68. The van der Waals surface area contributed by atoms with Crippen LogP contribution in [-0.2, 0) is 20.9 Å². The quantitative estimate of drug-likeness (QED) is 0.481. The van der Waals surface area contributed by atoms with Crippen molar-refractivity contribution in [3.05, 3.63) is 74.6 Å². The second-order valence-electron chi connectivity index (χ2n) is 6.22. The van der Waals surface area contributed by atoms with Gasteiger partial charge in [-0.1, -0.05) is 12.1 Å². The average molecular weight is 421 g/mol. The van der Waals surface area contributed by atoms with Crippen LogP contribution in [0.15, 0.2) is 46.0 Å². The number of hydrogen-bond acceptors (Lipinski definition) is 5. The number of H-pyrrole nitrogens is 1. The third kappa shape index (κ3) is 4.09. The highest BCUT2D eigenvalue weighted by Crippen LogP contribution is 2.19. The van der Waals surface area contributed by atoms with Crippen LogP contribution in [-0.4, -0.2) is 27.8 Å². The first-order chi connectivity index (χ1) is 14.2. The van der Waals surface area contributed by atoms with Gasteiger partial charge in [0.15, 0.2) is 23.6 Å². The van der Waals surface area contributed by atoms with Crippen LogP contribution in [0.3, 0.4) is 0 Å². The molecule has 2 aromatic carbocycles. The van der Waals surface area contributed by atoms with Crippen molar-refractivity contribution >= 4 is 28.3 Å². The number of carbonyl (C=O) groups excluding carboxylic acids is 2. The Labute approximate surface area is 165 Å². The van der Waals surface area contributed by atoms with Crippen LogP contribution in [0.25, 0.3) is 10.8 Å². The van der Waals surface area contributed by atoms with Gasteiger partial charge in [0, 0.05) is 0 Å². The minimum absolute atomic E-state index is 0.0913. The minimum atomic E-state index is -1.77. The van der Waals surface area contributed by atoms with E-state index in [9.17, 15) is 32.3 Å². The number of carbonyl (C=O) groups is 2. The predicted molar refractivity (Wildman–Crippen MR) is 99.3 cm³/mol. The summed E-state index contributed by atoms with van der Waals surface area (Å²) in [4.78, 5) is 48.5. The fraction of sp³-hybridized carbons (Fsp3) is 0.158. The zero-order valence-corrected chi connectivity index (χ0v) is 15.4. The average Bonchev–Trinajstić information content (AvgIpc) is 2.72. The summed E-state index contributed by atoms with van der Waals surface area (Å²) >= 11 is 0. The zero-order valence-electron chi connectivity index (χ0n) is 15.4. The van der Waals surface area contributed by atoms with Crippen LogP contribution in [0.4, 0.5) is 18.9 Å². The van der Waals surface area contributed by atoms with E-state index >= 15 is 0 Å². The second kappa shape index (κ2) is 8.23. The molecule has 1 aromatic heterocycles. The van der Waals surface area contributed by atoms with Crippen molar-refractivity contribution in [3.8, 4) is 0 Å². The standard InChI is InChI=1S/C19H14F3N3O5/c1-9(17(27)23-13-7-6-12(20)15(21)16(13)22)30-14(26)8-25-19(29)11-5-3-2-4-10(11)18(28)24-25/h2-7,9H,8H2,1H3,(H,23,27)(H,24,28)/t9-/m0/s1. The highest BCUT2D eigenvalue weighted by Gasteiger charge is 2.22. The van der Waals surface area contributed by atoms with Crippen LogP contribution in [0.2, 0.25) is 0 Å². The van der Waals surface area contributed by atoms with E-state index in [4.69, 9.17) is 4.74 Å². The first-order valence-electron chi connectivity index (χ1n) is 8.54. The van der Waals surface area contributed by atoms with Crippen molar-refractivity contribution in [2.45, 2.75) is 19.6 Å². The van der Waals surface area contributed by atoms with Crippen molar-refractivity contribution in [2.75, 3.05) is 5.32 Å². The van der Waals surface area contributed by atoms with E-state index in [1.165, 1.54) is 12.1 Å². The van der Waals surface area contributed by atoms with Gasteiger partial charge < -0.3 is 10.1 Å². The van der Waals surface area contributed by atoms with Crippen molar-refractivity contribution in [1.29, 1.82) is 0 Å². The smallest absolute Gasteiger partial charge is 0.328 e. The Morgan fingerprint density at radius 1 is 1.07 bits per heavy atom. The number of aromatic amines is 1. The van der Waals surface area contributed by atoms with Gasteiger partial charge >= 0.3 is 5.97 Å². The molecule has 0 radical (unpaired) electrons. The first kappa shape index (κ1) is 20.8. The number of esters is 1. The van der Waals surface area contributed by atoms with E-state index in [2.05, 4.69) is 5.10 Å². The van der Waals surface area contributed by atoms with Crippen molar-refractivity contribution in [2.24, 2.45) is 0 Å². The zero-order chi connectivity index (χ0) is 22.0. The Morgan fingerprint density at radius 2 is 1.73 bits per heavy atom. The van der Waals surface area contributed by atoms with Gasteiger partial charge in [0.2, 0.25) is 0 Å². The molecule has 1 atom stereocenters. The summed E-state index contributed by atoms with van der Waals surface area (Å²) in [5.74, 6) is -6.87. The fourth-order valence-electron chi connectivity index (χ4n) is 2.63. The maximum Gasteiger partial charge on any atom is 0.328 e. The molecule has 30 heavy (non-hydrogen) atoms. The van der Waals surface area contributed by atoms with Gasteiger partial charge in [0.05, 0.1) is 16.5 Å². The maximum absolute atomic E-state index is 13.6. The first-order valence-corrected chi connectivity index (χ1v) is 8.54. The van der Waals surface area contributed by atoms with Gasteiger partial charge in [0.25, 0.3) is 17.0 Å². The summed E-state index contributed by atoms with van der Waals surface area (Å²) < 4.78 is 45.4. The highest BCUT2D eigenvalue weighted by atomic mass is 19.2. The van der Waals surface area contributed by atoms with Crippen molar-refractivity contribution < 1.29 is 27.5 Å². The van der Waals surface area contributed by atoms with Crippen LogP contribution in [0.5, 0.6) is 0 Å². The second-order valence-corrected chi connectivity index (χ2v) is 6.22. The molecule has 0 bridgehead atoms. The summed E-state index contributed by atoms with van der Waals surface area (Å²) in [6.07, 6.45) is -1.46. The molecule has 0 aliphatic carbocycles. The van der Waals surface area contributed by atoms with E-state index in [1.54, 1.807) is 12.1 Å². The molecule has 8 nitrogen and oxygen atoms in total. The number of amides is 1. The molecule has 0 saturated heterocycles. The normalized spacial score (nSPS) is 11.9. The molecular weight excluding hydrogens is 407 g/mol. The largest absolute Gasteiger partial charge is 0.451 e. The van der Waals surface area contributed by atoms with E-state index in [0.717, 1.165) is 17.7 Å². The highest BCUT2D eigenvalue weighted by molar-refractivity contribution is 5.95. The van der Waals surface area contributed by atoms with Gasteiger partial charge in [-0.3, -0.25) is 24.3 Å². The number of halogens is 3. The Balaban J connectivity index is 1.71. The van der Waals surface area contributed by atoms with Crippen molar-refractivity contribution in [1.82, 2.24) is 9.78 Å². The summed E-state index contributed by atoms with van der Waals surface area (Å²) in [6, 6.07) is 7.41. The number of aromatic nitrogens is 2. The van der Waals surface area contributed by atoms with E-state index < -0.39 is 58.8 Å². The Hall–Kier alpha value is -3.89. The Morgan fingerprint density at radius 3 is 2.43 bits per heavy atom. The van der Waals surface area contributed by atoms with Crippen LogP contribution in [0, 0.1) is 17.5 Å². The van der Waals surface area contributed by atoms with Crippen LogP contribution < -0.4 is 16.4 Å². The molecular formula is C19H14F3N3O5. The Kier molecular flexibility index (Phi) is 5.72. The number of rotatable bonds is 5. The molecule has 1 heterocycles. The number of ether oxygens (including phenoxy) is 1. The molecule has 0 aliphatic heterocycles. The number of hydrogen-bond donors (Lipinski definition) is 2. The molecule has 0 spiro atoms. The topological polar surface area (TPSA) is 110 Å². The van der Waals surface area contributed by atoms with Crippen LogP contribution in [0.1, 0.15) is 6.92 Å². The summed E-state index contributed by atoms with van der Waals surface area (Å²) in [6.45, 7) is 0.451. The molecule has 11 heteroatoms.